The first-order chi connectivity index (χ1) is 13.5. The van der Waals surface area contributed by atoms with Crippen LogP contribution in [0.15, 0.2) is 61.1 Å². The summed E-state index contributed by atoms with van der Waals surface area (Å²) in [5.74, 6) is -0.136. The molecular weight excluding hydrogens is 355 g/mol. The molecule has 1 amide bonds. The van der Waals surface area contributed by atoms with E-state index in [2.05, 4.69) is 15.3 Å². The Morgan fingerprint density at radius 1 is 1.14 bits per heavy atom. The summed E-state index contributed by atoms with van der Waals surface area (Å²) in [5.41, 5.74) is 5.66. The first-order valence-corrected chi connectivity index (χ1v) is 8.94. The largest absolute Gasteiger partial charge is 0.309 e. The lowest BCUT2D eigenvalue weighted by molar-refractivity contribution is -0.115. The van der Waals surface area contributed by atoms with Gasteiger partial charge in [-0.3, -0.25) is 9.78 Å². The van der Waals surface area contributed by atoms with Gasteiger partial charge in [-0.25, -0.2) is 9.37 Å². The minimum atomic E-state index is -0.365. The number of halogens is 1. The standard InChI is InChI=1S/C22H19FN4O/c1-14-9-16(3-4-19(14)17-5-7-24-15(2)10-17)11-22(28)26-20-13-27-8-6-18(23)12-21(27)25-20/h3-10,12-13H,11H2,1-2H3,(H,26,28). The van der Waals surface area contributed by atoms with Crippen molar-refractivity contribution in [3.63, 3.8) is 0 Å². The van der Waals surface area contributed by atoms with E-state index in [1.54, 1.807) is 23.0 Å². The zero-order valence-corrected chi connectivity index (χ0v) is 15.6. The number of anilines is 1. The lowest BCUT2D eigenvalue weighted by atomic mass is 9.97. The van der Waals surface area contributed by atoms with E-state index in [-0.39, 0.29) is 18.1 Å². The number of aryl methyl sites for hydroxylation is 2. The van der Waals surface area contributed by atoms with E-state index in [9.17, 15) is 9.18 Å². The summed E-state index contributed by atoms with van der Waals surface area (Å²) < 4.78 is 14.9. The van der Waals surface area contributed by atoms with E-state index < -0.39 is 0 Å². The minimum absolute atomic E-state index is 0.171. The molecule has 6 heteroatoms. The Labute approximate surface area is 161 Å². The van der Waals surface area contributed by atoms with E-state index in [0.717, 1.165) is 27.9 Å². The molecule has 0 saturated carbocycles. The maximum atomic E-state index is 13.3. The number of aromatic nitrogens is 3. The molecule has 0 atom stereocenters. The molecule has 0 aliphatic rings. The number of fused-ring (bicyclic) bond motifs is 1. The Balaban J connectivity index is 1.48. The molecule has 3 aromatic heterocycles. The van der Waals surface area contributed by atoms with Crippen LogP contribution < -0.4 is 5.32 Å². The lowest BCUT2D eigenvalue weighted by Gasteiger charge is -2.09. The van der Waals surface area contributed by atoms with Crippen LogP contribution in [0.2, 0.25) is 0 Å². The number of nitrogens with one attached hydrogen (secondary N) is 1. The summed E-state index contributed by atoms with van der Waals surface area (Å²) >= 11 is 0. The van der Waals surface area contributed by atoms with Crippen molar-refractivity contribution >= 4 is 17.4 Å². The molecule has 5 nitrogen and oxygen atoms in total. The number of rotatable bonds is 4. The Hall–Kier alpha value is -3.54. The van der Waals surface area contributed by atoms with Crippen molar-refractivity contribution in [2.24, 2.45) is 0 Å². The third kappa shape index (κ3) is 3.76. The number of carbonyl (C=O) groups is 1. The van der Waals surface area contributed by atoms with E-state index in [1.807, 2.05) is 44.2 Å². The van der Waals surface area contributed by atoms with Crippen LogP contribution in [-0.4, -0.2) is 20.3 Å². The zero-order valence-electron chi connectivity index (χ0n) is 15.6. The number of pyridine rings is 2. The van der Waals surface area contributed by atoms with Gasteiger partial charge in [-0.1, -0.05) is 18.2 Å². The van der Waals surface area contributed by atoms with Crippen molar-refractivity contribution in [3.8, 4) is 11.1 Å². The monoisotopic (exact) mass is 374 g/mol. The molecule has 0 bridgehead atoms. The summed E-state index contributed by atoms with van der Waals surface area (Å²) in [7, 11) is 0. The number of hydrogen-bond donors (Lipinski definition) is 1. The molecule has 1 aromatic carbocycles. The average Bonchev–Trinajstić information content (AvgIpc) is 3.02. The highest BCUT2D eigenvalue weighted by atomic mass is 19.1. The smallest absolute Gasteiger partial charge is 0.229 e. The van der Waals surface area contributed by atoms with Crippen LogP contribution in [0.25, 0.3) is 16.8 Å². The number of imidazole rings is 1. The molecule has 0 unspecified atom stereocenters. The summed E-state index contributed by atoms with van der Waals surface area (Å²) in [6, 6.07) is 12.7. The number of carbonyl (C=O) groups excluding carboxylic acids is 1. The zero-order chi connectivity index (χ0) is 19.7. The molecule has 0 aliphatic carbocycles. The van der Waals surface area contributed by atoms with E-state index in [4.69, 9.17) is 0 Å². The fourth-order valence-electron chi connectivity index (χ4n) is 3.26. The van der Waals surface area contributed by atoms with Gasteiger partial charge in [0, 0.05) is 24.2 Å². The average molecular weight is 374 g/mol. The molecule has 0 radical (unpaired) electrons. The van der Waals surface area contributed by atoms with Crippen LogP contribution in [0.5, 0.6) is 0 Å². The second-order valence-electron chi connectivity index (χ2n) is 6.80. The Bertz CT molecular complexity index is 1180. The van der Waals surface area contributed by atoms with Gasteiger partial charge in [0.25, 0.3) is 0 Å². The first-order valence-electron chi connectivity index (χ1n) is 8.94. The quantitative estimate of drug-likeness (QED) is 0.578. The first kappa shape index (κ1) is 17.9. The third-order valence-corrected chi connectivity index (χ3v) is 4.55. The molecule has 3 heterocycles. The molecule has 0 spiro atoms. The maximum absolute atomic E-state index is 13.3. The second kappa shape index (κ2) is 7.23. The summed E-state index contributed by atoms with van der Waals surface area (Å²) in [4.78, 5) is 20.8. The van der Waals surface area contributed by atoms with E-state index in [0.29, 0.717) is 11.5 Å². The summed E-state index contributed by atoms with van der Waals surface area (Å²) in [6.45, 7) is 3.99. The number of amides is 1. The Morgan fingerprint density at radius 2 is 2.00 bits per heavy atom. The van der Waals surface area contributed by atoms with Crippen molar-refractivity contribution in [2.45, 2.75) is 20.3 Å². The number of hydrogen-bond acceptors (Lipinski definition) is 3. The van der Waals surface area contributed by atoms with Gasteiger partial charge in [0.15, 0.2) is 5.82 Å². The van der Waals surface area contributed by atoms with Gasteiger partial charge in [0.1, 0.15) is 11.5 Å². The second-order valence-corrected chi connectivity index (χ2v) is 6.80. The molecule has 0 saturated heterocycles. The molecular formula is C22H19FN4O. The minimum Gasteiger partial charge on any atom is -0.309 e. The third-order valence-electron chi connectivity index (χ3n) is 4.55. The van der Waals surface area contributed by atoms with Crippen LogP contribution in [-0.2, 0) is 11.2 Å². The summed E-state index contributed by atoms with van der Waals surface area (Å²) in [5, 5.41) is 2.77. The summed E-state index contributed by atoms with van der Waals surface area (Å²) in [6.07, 6.45) is 5.26. The highest BCUT2D eigenvalue weighted by Gasteiger charge is 2.10. The molecule has 0 fully saturated rings. The van der Waals surface area contributed by atoms with Gasteiger partial charge in [0.05, 0.1) is 12.6 Å². The van der Waals surface area contributed by atoms with Crippen LogP contribution in [0, 0.1) is 19.7 Å². The van der Waals surface area contributed by atoms with Crippen molar-refractivity contribution in [1.82, 2.24) is 14.4 Å². The predicted molar refractivity (Wildman–Crippen MR) is 107 cm³/mol. The molecule has 0 aliphatic heterocycles. The van der Waals surface area contributed by atoms with Gasteiger partial charge in [-0.2, -0.15) is 0 Å². The van der Waals surface area contributed by atoms with E-state index in [1.165, 1.54) is 12.1 Å². The normalized spacial score (nSPS) is 11.0. The van der Waals surface area contributed by atoms with Gasteiger partial charge >= 0.3 is 0 Å². The van der Waals surface area contributed by atoms with Crippen LogP contribution in [0.3, 0.4) is 0 Å². The Morgan fingerprint density at radius 3 is 2.79 bits per heavy atom. The van der Waals surface area contributed by atoms with Gasteiger partial charge in [-0.15, -0.1) is 0 Å². The fourth-order valence-corrected chi connectivity index (χ4v) is 3.26. The van der Waals surface area contributed by atoms with Gasteiger partial charge in [0.2, 0.25) is 5.91 Å². The van der Waals surface area contributed by atoms with Crippen LogP contribution in [0.4, 0.5) is 10.2 Å². The molecule has 4 aromatic rings. The van der Waals surface area contributed by atoms with Gasteiger partial charge in [-0.05, 0) is 54.3 Å². The van der Waals surface area contributed by atoms with Crippen molar-refractivity contribution in [2.75, 3.05) is 5.32 Å². The van der Waals surface area contributed by atoms with Crippen molar-refractivity contribution in [1.29, 1.82) is 0 Å². The van der Waals surface area contributed by atoms with Crippen LogP contribution >= 0.6 is 0 Å². The SMILES string of the molecule is Cc1cc(-c2ccc(CC(=O)Nc3cn4ccc(F)cc4n3)cc2C)ccn1. The fraction of sp³-hybridized carbons (Fsp3) is 0.136. The van der Waals surface area contributed by atoms with Gasteiger partial charge < -0.3 is 9.72 Å². The van der Waals surface area contributed by atoms with Crippen LogP contribution in [0.1, 0.15) is 16.8 Å². The molecule has 4 rings (SSSR count). The number of benzene rings is 1. The highest BCUT2D eigenvalue weighted by molar-refractivity contribution is 5.91. The molecule has 1 N–H and O–H groups in total. The molecule has 28 heavy (non-hydrogen) atoms. The Kier molecular flexibility index (Phi) is 4.61. The predicted octanol–water partition coefficient (Wildman–Crippen LogP) is 4.33. The van der Waals surface area contributed by atoms with Crippen molar-refractivity contribution < 1.29 is 9.18 Å². The van der Waals surface area contributed by atoms with Crippen molar-refractivity contribution in [3.05, 3.63) is 83.7 Å². The topological polar surface area (TPSA) is 59.3 Å². The maximum Gasteiger partial charge on any atom is 0.229 e. The highest BCUT2D eigenvalue weighted by Crippen LogP contribution is 2.24. The number of nitrogens with zero attached hydrogens (tertiary/aromatic N) is 3. The van der Waals surface area contributed by atoms with E-state index >= 15 is 0 Å². The molecule has 140 valence electrons. The lowest BCUT2D eigenvalue weighted by Crippen LogP contribution is -2.14.